The van der Waals surface area contributed by atoms with Crippen LogP contribution in [0.5, 0.6) is 0 Å². The van der Waals surface area contributed by atoms with E-state index in [4.69, 9.17) is 5.21 Å². The number of amides is 1. The summed E-state index contributed by atoms with van der Waals surface area (Å²) in [7, 11) is 0. The molecule has 0 unspecified atom stereocenters. The van der Waals surface area contributed by atoms with Gasteiger partial charge in [-0.15, -0.1) is 0 Å². The normalized spacial score (nSPS) is 13.0. The predicted octanol–water partition coefficient (Wildman–Crippen LogP) is 0.874. The van der Waals surface area contributed by atoms with Gasteiger partial charge in [0.15, 0.2) is 0 Å². The second-order valence-corrected chi connectivity index (χ2v) is 6.74. The van der Waals surface area contributed by atoms with Crippen LogP contribution in [0.25, 0.3) is 11.6 Å². The van der Waals surface area contributed by atoms with Gasteiger partial charge in [-0.1, -0.05) is 42.5 Å². The molecule has 28 heavy (non-hydrogen) atoms. The first kappa shape index (κ1) is 19.9. The lowest BCUT2D eigenvalue weighted by Crippen LogP contribution is -2.29. The van der Waals surface area contributed by atoms with Gasteiger partial charge < -0.3 is 5.11 Å². The molecule has 0 bridgehead atoms. The molecule has 6 nitrogen and oxygen atoms in total. The molecular formula is C22H25N3O3. The third kappa shape index (κ3) is 5.36. The average Bonchev–Trinajstić information content (AvgIpc) is 3.14. The van der Waals surface area contributed by atoms with Crippen LogP contribution in [0, 0.1) is 0 Å². The van der Waals surface area contributed by atoms with Gasteiger partial charge in [0.05, 0.1) is 18.5 Å². The van der Waals surface area contributed by atoms with Crippen molar-refractivity contribution in [2.24, 2.45) is 4.99 Å². The predicted molar refractivity (Wildman–Crippen MR) is 108 cm³/mol. The topological polar surface area (TPSA) is 85.2 Å². The molecule has 0 radical (unpaired) electrons. The second kappa shape index (κ2) is 9.94. The average molecular weight is 379 g/mol. The van der Waals surface area contributed by atoms with E-state index in [9.17, 15) is 9.90 Å². The largest absolute Gasteiger partial charge is 0.395 e. The maximum atomic E-state index is 11.0. The fraction of sp³-hybridized carbons (Fsp3) is 0.273. The van der Waals surface area contributed by atoms with E-state index in [1.807, 2.05) is 42.5 Å². The Balaban J connectivity index is 1.61. The molecule has 6 heteroatoms. The summed E-state index contributed by atoms with van der Waals surface area (Å²) in [6.07, 6.45) is 3.84. The monoisotopic (exact) mass is 379 g/mol. The summed E-state index contributed by atoms with van der Waals surface area (Å²) < 4.78 is 0. The first-order valence-corrected chi connectivity index (χ1v) is 9.35. The summed E-state index contributed by atoms with van der Waals surface area (Å²) in [5, 5.41) is 20.2. The number of carbonyl (C=O) groups is 1. The number of hydrogen-bond donors (Lipinski definition) is 3. The molecule has 1 amide bonds. The van der Waals surface area contributed by atoms with Crippen molar-refractivity contribution in [2.75, 3.05) is 26.2 Å². The second-order valence-electron chi connectivity index (χ2n) is 6.74. The van der Waals surface area contributed by atoms with Crippen molar-refractivity contribution in [2.45, 2.75) is 13.0 Å². The highest BCUT2D eigenvalue weighted by molar-refractivity contribution is 5.90. The van der Waals surface area contributed by atoms with E-state index in [1.165, 1.54) is 16.9 Å². The van der Waals surface area contributed by atoms with Crippen LogP contribution in [0.3, 0.4) is 0 Å². The Morgan fingerprint density at radius 3 is 2.68 bits per heavy atom. The van der Waals surface area contributed by atoms with Gasteiger partial charge in [-0.25, -0.2) is 5.48 Å². The van der Waals surface area contributed by atoms with Crippen molar-refractivity contribution < 1.29 is 15.1 Å². The highest BCUT2D eigenvalue weighted by Gasteiger charge is 2.10. The summed E-state index contributed by atoms with van der Waals surface area (Å²) in [5.41, 5.74) is 4.93. The van der Waals surface area contributed by atoms with Crippen LogP contribution in [-0.2, 0) is 11.3 Å². The van der Waals surface area contributed by atoms with Gasteiger partial charge in [-0.2, -0.15) is 0 Å². The fourth-order valence-electron chi connectivity index (χ4n) is 3.30. The number of hydroxylamine groups is 1. The van der Waals surface area contributed by atoms with E-state index >= 15 is 0 Å². The highest BCUT2D eigenvalue weighted by atomic mass is 16.5. The van der Waals surface area contributed by atoms with Gasteiger partial charge in [0.25, 0.3) is 5.91 Å². The fourth-order valence-corrected chi connectivity index (χ4v) is 3.30. The van der Waals surface area contributed by atoms with Crippen LogP contribution >= 0.6 is 0 Å². The summed E-state index contributed by atoms with van der Waals surface area (Å²) in [4.78, 5) is 17.9. The molecule has 0 aromatic heterocycles. The Kier molecular flexibility index (Phi) is 7.08. The zero-order valence-electron chi connectivity index (χ0n) is 15.7. The highest BCUT2D eigenvalue weighted by Crippen LogP contribution is 2.12. The molecule has 146 valence electrons. The van der Waals surface area contributed by atoms with E-state index < -0.39 is 5.91 Å². The lowest BCUT2D eigenvalue weighted by atomic mass is 10.1. The van der Waals surface area contributed by atoms with Gasteiger partial charge in [0.2, 0.25) is 0 Å². The van der Waals surface area contributed by atoms with Gasteiger partial charge in [-0.05, 0) is 35.3 Å². The van der Waals surface area contributed by atoms with Crippen molar-refractivity contribution in [3.05, 3.63) is 76.3 Å². The number of benzene rings is 2. The smallest absolute Gasteiger partial charge is 0.267 e. The van der Waals surface area contributed by atoms with Gasteiger partial charge in [-0.3, -0.25) is 19.9 Å². The molecule has 1 aliphatic rings. The number of fused-ring (bicyclic) bond motifs is 1. The van der Waals surface area contributed by atoms with Crippen LogP contribution < -0.4 is 16.1 Å². The van der Waals surface area contributed by atoms with Crippen molar-refractivity contribution in [3.63, 3.8) is 0 Å². The van der Waals surface area contributed by atoms with Crippen molar-refractivity contribution >= 4 is 17.6 Å². The quantitative estimate of drug-likeness (QED) is 0.343. The van der Waals surface area contributed by atoms with Crippen LogP contribution in [-0.4, -0.2) is 47.4 Å². The molecule has 2 aromatic rings. The number of hydrogen-bond acceptors (Lipinski definition) is 5. The van der Waals surface area contributed by atoms with Crippen molar-refractivity contribution in [1.29, 1.82) is 0 Å². The Labute approximate surface area is 164 Å². The zero-order chi connectivity index (χ0) is 19.8. The zero-order valence-corrected chi connectivity index (χ0v) is 15.7. The summed E-state index contributed by atoms with van der Waals surface area (Å²) in [6.45, 7) is 3.10. The number of para-hydroxylation sites is 1. The van der Waals surface area contributed by atoms with E-state index in [2.05, 4.69) is 16.0 Å². The molecule has 0 fully saturated rings. The number of carbonyl (C=O) groups excluding carboxylic acids is 1. The first-order chi connectivity index (χ1) is 13.7. The third-order valence-corrected chi connectivity index (χ3v) is 4.79. The lowest BCUT2D eigenvalue weighted by Gasteiger charge is -2.21. The first-order valence-electron chi connectivity index (χ1n) is 9.35. The standard InChI is InChI=1S/C22H25N3O3/c26-14-13-25(12-11-19-15-23-21-4-2-1-3-20(19)21)16-18-7-5-17(6-8-18)9-10-22(27)24-28/h1-10,26,28H,11-16H2,(H,24,27)/b10-9+. The van der Waals surface area contributed by atoms with Gasteiger partial charge in [0.1, 0.15) is 0 Å². The van der Waals surface area contributed by atoms with Crippen LogP contribution in [0.2, 0.25) is 0 Å². The Hall–Kier alpha value is -2.80. The van der Waals surface area contributed by atoms with Gasteiger partial charge >= 0.3 is 0 Å². The van der Waals surface area contributed by atoms with Crippen LogP contribution in [0.15, 0.2) is 59.6 Å². The number of nitrogens with one attached hydrogen (secondary N) is 1. The number of aliphatic hydroxyl groups excluding tert-OH is 1. The molecule has 1 heterocycles. The molecular weight excluding hydrogens is 354 g/mol. The third-order valence-electron chi connectivity index (χ3n) is 4.79. The Morgan fingerprint density at radius 2 is 1.93 bits per heavy atom. The minimum absolute atomic E-state index is 0.118. The van der Waals surface area contributed by atoms with E-state index in [1.54, 1.807) is 11.6 Å². The maximum absolute atomic E-state index is 11.0. The number of aliphatic hydroxyl groups is 1. The van der Waals surface area contributed by atoms with Crippen molar-refractivity contribution in [1.82, 2.24) is 10.4 Å². The molecule has 3 N–H and O–H groups in total. The molecule has 0 saturated carbocycles. The summed E-state index contributed by atoms with van der Waals surface area (Å²) >= 11 is 0. The van der Waals surface area contributed by atoms with Crippen molar-refractivity contribution in [3.8, 4) is 0 Å². The van der Waals surface area contributed by atoms with Crippen LogP contribution in [0.4, 0.5) is 0 Å². The van der Waals surface area contributed by atoms with E-state index in [0.717, 1.165) is 42.5 Å². The van der Waals surface area contributed by atoms with Gasteiger partial charge in [0, 0.05) is 30.9 Å². The Morgan fingerprint density at radius 1 is 1.14 bits per heavy atom. The van der Waals surface area contributed by atoms with E-state index in [-0.39, 0.29) is 6.61 Å². The lowest BCUT2D eigenvalue weighted by molar-refractivity contribution is -0.124. The van der Waals surface area contributed by atoms with Crippen LogP contribution in [0.1, 0.15) is 17.5 Å². The number of rotatable bonds is 9. The number of nitrogens with zero attached hydrogens (tertiary/aromatic N) is 2. The minimum Gasteiger partial charge on any atom is -0.395 e. The molecule has 0 saturated heterocycles. The molecule has 3 rings (SSSR count). The summed E-state index contributed by atoms with van der Waals surface area (Å²) in [5.74, 6) is -0.559. The maximum Gasteiger partial charge on any atom is 0.267 e. The SMILES string of the molecule is O=C(/C=C/c1ccc(CN(CCO)CCC2=c3ccccc3=NC2)cc1)NO. The molecule has 0 aliphatic carbocycles. The summed E-state index contributed by atoms with van der Waals surface area (Å²) in [6, 6.07) is 16.1. The Bertz CT molecular complexity index is 952. The molecule has 2 aromatic carbocycles. The molecule has 1 aliphatic heterocycles. The molecule has 0 spiro atoms. The molecule has 0 atom stereocenters. The minimum atomic E-state index is -0.559. The van der Waals surface area contributed by atoms with E-state index in [0.29, 0.717) is 6.54 Å².